The third kappa shape index (κ3) is 4.96. The molecule has 0 bridgehead atoms. The Bertz CT molecular complexity index is 986. The fourth-order valence-electron chi connectivity index (χ4n) is 4.39. The number of nitrogens with one attached hydrogen (secondary N) is 1. The third-order valence-corrected chi connectivity index (χ3v) is 7.17. The second-order valence-electron chi connectivity index (χ2n) is 7.92. The average Bonchev–Trinajstić information content (AvgIpc) is 2.75. The molecular formula is C24H28BrNO5S. The number of methoxy groups -OCH3 is 1. The van der Waals surface area contributed by atoms with Crippen molar-refractivity contribution in [3.8, 4) is 0 Å². The molecule has 1 heterocycles. The van der Waals surface area contributed by atoms with Crippen molar-refractivity contribution in [1.82, 2.24) is 5.32 Å². The van der Waals surface area contributed by atoms with Crippen LogP contribution in [0.2, 0.25) is 0 Å². The summed E-state index contributed by atoms with van der Waals surface area (Å²) in [5, 5.41) is 3.27. The van der Waals surface area contributed by atoms with Crippen molar-refractivity contribution in [2.24, 2.45) is 11.8 Å². The number of thioether (sulfide) groups is 1. The SMILES string of the molecule is CCSCCOC(=O)C1=C(C)NC2=C(C(=O)[C@H](C(=O)OC)[C@@H](C)C2)[C@@H]1c1cccc(Br)c1. The number of benzene rings is 1. The molecular weight excluding hydrogens is 494 g/mol. The first-order chi connectivity index (χ1) is 15.3. The van der Waals surface area contributed by atoms with Gasteiger partial charge in [-0.15, -0.1) is 0 Å². The van der Waals surface area contributed by atoms with Gasteiger partial charge in [0.05, 0.1) is 12.7 Å². The van der Waals surface area contributed by atoms with Gasteiger partial charge in [-0.3, -0.25) is 9.59 Å². The third-order valence-electron chi connectivity index (χ3n) is 5.81. The Morgan fingerprint density at radius 1 is 1.31 bits per heavy atom. The first-order valence-electron chi connectivity index (χ1n) is 10.6. The van der Waals surface area contributed by atoms with Gasteiger partial charge in [0.2, 0.25) is 0 Å². The van der Waals surface area contributed by atoms with E-state index in [4.69, 9.17) is 9.47 Å². The summed E-state index contributed by atoms with van der Waals surface area (Å²) in [6.45, 7) is 6.04. The average molecular weight is 522 g/mol. The van der Waals surface area contributed by atoms with Crippen LogP contribution in [0, 0.1) is 11.8 Å². The largest absolute Gasteiger partial charge is 0.468 e. The topological polar surface area (TPSA) is 81.7 Å². The van der Waals surface area contributed by atoms with E-state index in [1.54, 1.807) is 11.8 Å². The predicted octanol–water partition coefficient (Wildman–Crippen LogP) is 4.36. The Morgan fingerprint density at radius 3 is 2.72 bits per heavy atom. The van der Waals surface area contributed by atoms with Crippen LogP contribution in [0.5, 0.6) is 0 Å². The van der Waals surface area contributed by atoms with Gasteiger partial charge in [0.25, 0.3) is 0 Å². The lowest BCUT2D eigenvalue weighted by molar-refractivity contribution is -0.151. The van der Waals surface area contributed by atoms with Crippen molar-refractivity contribution in [3.05, 3.63) is 56.8 Å². The summed E-state index contributed by atoms with van der Waals surface area (Å²) in [4.78, 5) is 39.3. The van der Waals surface area contributed by atoms with E-state index in [2.05, 4.69) is 28.2 Å². The number of carbonyl (C=O) groups is 3. The van der Waals surface area contributed by atoms with Crippen molar-refractivity contribution in [1.29, 1.82) is 0 Å². The van der Waals surface area contributed by atoms with Crippen LogP contribution in [-0.4, -0.2) is 42.9 Å². The zero-order chi connectivity index (χ0) is 23.4. The van der Waals surface area contributed by atoms with Gasteiger partial charge in [-0.1, -0.05) is 41.9 Å². The molecule has 8 heteroatoms. The number of esters is 2. The molecule has 0 unspecified atom stereocenters. The molecule has 6 nitrogen and oxygen atoms in total. The molecule has 1 aromatic rings. The zero-order valence-electron chi connectivity index (χ0n) is 18.7. The van der Waals surface area contributed by atoms with Crippen molar-refractivity contribution in [3.63, 3.8) is 0 Å². The highest BCUT2D eigenvalue weighted by Gasteiger charge is 2.47. The summed E-state index contributed by atoms with van der Waals surface area (Å²) in [5.41, 5.74) is 3.04. The maximum Gasteiger partial charge on any atom is 0.336 e. The summed E-state index contributed by atoms with van der Waals surface area (Å²) in [5.74, 6) is -1.39. The van der Waals surface area contributed by atoms with E-state index in [9.17, 15) is 14.4 Å². The van der Waals surface area contributed by atoms with Crippen LogP contribution in [0.25, 0.3) is 0 Å². The Labute approximate surface area is 201 Å². The van der Waals surface area contributed by atoms with Gasteiger partial charge in [0.15, 0.2) is 5.78 Å². The molecule has 0 aromatic heterocycles. The number of allylic oxidation sites excluding steroid dienone is 3. The Kier molecular flexibility index (Phi) is 8.22. The van der Waals surface area contributed by atoms with Gasteiger partial charge in [0, 0.05) is 33.1 Å². The summed E-state index contributed by atoms with van der Waals surface area (Å²) < 4.78 is 11.3. The number of carbonyl (C=O) groups excluding carboxylic acids is 3. The fourth-order valence-corrected chi connectivity index (χ4v) is 5.29. The minimum absolute atomic E-state index is 0.211. The lowest BCUT2D eigenvalue weighted by atomic mass is 9.69. The summed E-state index contributed by atoms with van der Waals surface area (Å²) >= 11 is 5.18. The van der Waals surface area contributed by atoms with E-state index < -0.39 is 23.8 Å². The van der Waals surface area contributed by atoms with Crippen LogP contribution in [0.3, 0.4) is 0 Å². The molecule has 3 atom stereocenters. The predicted molar refractivity (Wildman–Crippen MR) is 128 cm³/mol. The van der Waals surface area contributed by atoms with Crippen LogP contribution in [-0.2, 0) is 23.9 Å². The highest BCUT2D eigenvalue weighted by atomic mass is 79.9. The van der Waals surface area contributed by atoms with E-state index in [1.807, 2.05) is 38.1 Å². The molecule has 2 aliphatic rings. The minimum atomic E-state index is -0.896. The van der Waals surface area contributed by atoms with Crippen LogP contribution in [0.15, 0.2) is 51.3 Å². The normalized spacial score (nSPS) is 22.9. The number of Topliss-reactive ketones (excluding diaryl/α,β-unsaturated/α-hetero) is 1. The van der Waals surface area contributed by atoms with Gasteiger partial charge in [-0.05, 0) is 42.7 Å². The molecule has 32 heavy (non-hydrogen) atoms. The summed E-state index contributed by atoms with van der Waals surface area (Å²) in [6, 6.07) is 7.54. The monoisotopic (exact) mass is 521 g/mol. The van der Waals surface area contributed by atoms with Crippen LogP contribution < -0.4 is 5.32 Å². The molecule has 1 aliphatic carbocycles. The second-order valence-corrected chi connectivity index (χ2v) is 10.2. The van der Waals surface area contributed by atoms with Gasteiger partial charge in [0.1, 0.15) is 12.5 Å². The highest BCUT2D eigenvalue weighted by molar-refractivity contribution is 9.10. The Balaban J connectivity index is 2.07. The molecule has 0 saturated heterocycles. The summed E-state index contributed by atoms with van der Waals surface area (Å²) in [6.07, 6.45) is 0.512. The van der Waals surface area contributed by atoms with Crippen molar-refractivity contribution in [2.45, 2.75) is 33.1 Å². The molecule has 0 radical (unpaired) electrons. The lowest BCUT2D eigenvalue weighted by Crippen LogP contribution is -2.43. The molecule has 1 aromatic carbocycles. The standard InChI is InChI=1S/C24H28BrNO5S/c1-5-32-10-9-31-24(29)19-14(3)26-17-11-13(2)18(23(28)30-4)22(27)21(17)20(19)15-7-6-8-16(25)12-15/h6-8,12-13,18,20,26H,5,9-11H2,1-4H3/t13-,18+,20+/m0/s1. The van der Waals surface area contributed by atoms with Crippen molar-refractivity contribution in [2.75, 3.05) is 25.2 Å². The van der Waals surface area contributed by atoms with E-state index in [1.165, 1.54) is 7.11 Å². The minimum Gasteiger partial charge on any atom is -0.468 e. The van der Waals surface area contributed by atoms with E-state index in [-0.39, 0.29) is 11.7 Å². The quantitative estimate of drug-likeness (QED) is 0.324. The van der Waals surface area contributed by atoms with Gasteiger partial charge >= 0.3 is 11.9 Å². The first-order valence-corrected chi connectivity index (χ1v) is 12.6. The number of rotatable bonds is 7. The molecule has 3 rings (SSSR count). The maximum atomic E-state index is 13.6. The maximum absolute atomic E-state index is 13.6. The van der Waals surface area contributed by atoms with Gasteiger partial charge in [-0.25, -0.2) is 4.79 Å². The van der Waals surface area contributed by atoms with E-state index in [0.717, 1.165) is 21.5 Å². The number of ether oxygens (including phenoxy) is 2. The van der Waals surface area contributed by atoms with Crippen LogP contribution in [0.4, 0.5) is 0 Å². The Hall–Kier alpha value is -2.06. The zero-order valence-corrected chi connectivity index (χ0v) is 21.1. The van der Waals surface area contributed by atoms with Crippen LogP contribution in [0.1, 0.15) is 38.7 Å². The van der Waals surface area contributed by atoms with Gasteiger partial charge < -0.3 is 14.8 Å². The van der Waals surface area contributed by atoms with Crippen LogP contribution >= 0.6 is 27.7 Å². The molecule has 0 fully saturated rings. The van der Waals surface area contributed by atoms with Gasteiger partial charge in [-0.2, -0.15) is 11.8 Å². The molecule has 1 aliphatic heterocycles. The van der Waals surface area contributed by atoms with Crippen molar-refractivity contribution < 1.29 is 23.9 Å². The number of hydrogen-bond donors (Lipinski definition) is 1. The highest BCUT2D eigenvalue weighted by Crippen LogP contribution is 2.45. The summed E-state index contributed by atoms with van der Waals surface area (Å²) in [7, 11) is 1.29. The lowest BCUT2D eigenvalue weighted by Gasteiger charge is -2.38. The number of hydrogen-bond acceptors (Lipinski definition) is 7. The molecule has 0 amide bonds. The first kappa shape index (κ1) is 24.6. The molecule has 0 saturated carbocycles. The molecule has 1 N–H and O–H groups in total. The number of ketones is 1. The second kappa shape index (κ2) is 10.7. The van der Waals surface area contributed by atoms with Crippen molar-refractivity contribution >= 4 is 45.4 Å². The molecule has 0 spiro atoms. The Morgan fingerprint density at radius 2 is 2.06 bits per heavy atom. The number of dihydropyridines is 1. The number of halogens is 1. The fraction of sp³-hybridized carbons (Fsp3) is 0.458. The molecule has 172 valence electrons. The van der Waals surface area contributed by atoms with E-state index >= 15 is 0 Å². The van der Waals surface area contributed by atoms with E-state index in [0.29, 0.717) is 35.6 Å². The smallest absolute Gasteiger partial charge is 0.336 e.